The average Bonchev–Trinajstić information content (AvgIpc) is 2.31. The molecule has 1 aliphatic heterocycles. The van der Waals surface area contributed by atoms with Crippen molar-refractivity contribution < 1.29 is 4.39 Å². The Morgan fingerprint density at radius 2 is 2.05 bits per heavy atom. The maximum atomic E-state index is 13.4. The van der Waals surface area contributed by atoms with Crippen molar-refractivity contribution in [3.05, 3.63) is 34.1 Å². The first kappa shape index (κ1) is 16.9. The maximum Gasteiger partial charge on any atom is 0.137 e. The Balaban J connectivity index is 2.21. The van der Waals surface area contributed by atoms with E-state index in [1.54, 1.807) is 6.07 Å². The third kappa shape index (κ3) is 4.27. The fourth-order valence-corrected chi connectivity index (χ4v) is 3.49. The number of piperazine rings is 1. The maximum absolute atomic E-state index is 13.4. The highest BCUT2D eigenvalue weighted by Gasteiger charge is 2.38. The van der Waals surface area contributed by atoms with Crippen LogP contribution in [-0.4, -0.2) is 29.6 Å². The van der Waals surface area contributed by atoms with Gasteiger partial charge in [-0.15, -0.1) is 0 Å². The van der Waals surface area contributed by atoms with E-state index in [1.165, 1.54) is 0 Å². The van der Waals surface area contributed by atoms with Gasteiger partial charge in [0, 0.05) is 31.2 Å². The van der Waals surface area contributed by atoms with Crippen molar-refractivity contribution in [2.24, 2.45) is 5.41 Å². The normalized spacial score (nSPS) is 23.3. The van der Waals surface area contributed by atoms with Gasteiger partial charge in [0.15, 0.2) is 0 Å². The first-order valence-corrected chi connectivity index (χ1v) is 8.31. The van der Waals surface area contributed by atoms with Crippen LogP contribution in [0, 0.1) is 11.2 Å². The van der Waals surface area contributed by atoms with E-state index in [4.69, 9.17) is 0 Å². The molecule has 1 aromatic carbocycles. The molecule has 118 valence electrons. The van der Waals surface area contributed by atoms with Crippen LogP contribution in [0.3, 0.4) is 0 Å². The first-order chi connectivity index (χ1) is 9.58. The van der Waals surface area contributed by atoms with Gasteiger partial charge in [-0.25, -0.2) is 4.39 Å². The highest BCUT2D eigenvalue weighted by molar-refractivity contribution is 9.10. The zero-order valence-corrected chi connectivity index (χ0v) is 15.2. The molecule has 0 saturated carbocycles. The van der Waals surface area contributed by atoms with Crippen molar-refractivity contribution >= 4 is 15.9 Å². The Morgan fingerprint density at radius 3 is 2.62 bits per heavy atom. The summed E-state index contributed by atoms with van der Waals surface area (Å²) in [5.74, 6) is -0.202. The van der Waals surface area contributed by atoms with Crippen LogP contribution in [0.25, 0.3) is 0 Å². The molecule has 1 fully saturated rings. The van der Waals surface area contributed by atoms with Crippen molar-refractivity contribution in [1.29, 1.82) is 0 Å². The second kappa shape index (κ2) is 5.98. The average molecular weight is 357 g/mol. The molecule has 2 rings (SSSR count). The van der Waals surface area contributed by atoms with Gasteiger partial charge < -0.3 is 5.32 Å². The predicted molar refractivity (Wildman–Crippen MR) is 89.8 cm³/mol. The molecule has 0 radical (unpaired) electrons. The molecule has 0 spiro atoms. The summed E-state index contributed by atoms with van der Waals surface area (Å²) in [6.45, 7) is 14.1. The summed E-state index contributed by atoms with van der Waals surface area (Å²) in [6.07, 6.45) is 0. The van der Waals surface area contributed by atoms with Crippen LogP contribution in [0.1, 0.15) is 40.2 Å². The Morgan fingerprint density at radius 1 is 1.38 bits per heavy atom. The summed E-state index contributed by atoms with van der Waals surface area (Å²) < 4.78 is 13.9. The van der Waals surface area contributed by atoms with E-state index in [9.17, 15) is 4.39 Å². The van der Waals surface area contributed by atoms with E-state index in [0.717, 1.165) is 25.2 Å². The quantitative estimate of drug-likeness (QED) is 0.854. The van der Waals surface area contributed by atoms with Crippen LogP contribution < -0.4 is 5.32 Å². The van der Waals surface area contributed by atoms with Crippen molar-refractivity contribution in [1.82, 2.24) is 10.2 Å². The van der Waals surface area contributed by atoms with E-state index < -0.39 is 0 Å². The zero-order valence-electron chi connectivity index (χ0n) is 13.6. The fraction of sp³-hybridized carbons (Fsp3) is 0.647. The van der Waals surface area contributed by atoms with E-state index in [0.29, 0.717) is 10.5 Å². The predicted octanol–water partition coefficient (Wildman–Crippen LogP) is 4.19. The topological polar surface area (TPSA) is 15.3 Å². The minimum absolute atomic E-state index is 0.110. The lowest BCUT2D eigenvalue weighted by molar-refractivity contribution is 0.0271. The number of hydrogen-bond donors (Lipinski definition) is 1. The van der Waals surface area contributed by atoms with E-state index >= 15 is 0 Å². The summed E-state index contributed by atoms with van der Waals surface area (Å²) in [4.78, 5) is 2.52. The minimum Gasteiger partial charge on any atom is -0.309 e. The van der Waals surface area contributed by atoms with Gasteiger partial charge >= 0.3 is 0 Å². The second-order valence-electron chi connectivity index (χ2n) is 7.80. The third-order valence-corrected chi connectivity index (χ3v) is 4.79. The highest BCUT2D eigenvalue weighted by Crippen LogP contribution is 2.30. The number of nitrogens with zero attached hydrogens (tertiary/aromatic N) is 1. The molecule has 0 bridgehead atoms. The molecule has 1 aromatic rings. The minimum atomic E-state index is -0.202. The molecular weight excluding hydrogens is 331 g/mol. The Kier molecular flexibility index (Phi) is 4.81. The highest BCUT2D eigenvalue weighted by atomic mass is 79.9. The lowest BCUT2D eigenvalue weighted by Crippen LogP contribution is -2.64. The van der Waals surface area contributed by atoms with Crippen molar-refractivity contribution in [2.45, 2.75) is 52.7 Å². The number of benzene rings is 1. The largest absolute Gasteiger partial charge is 0.309 e. The number of hydrogen-bond acceptors (Lipinski definition) is 2. The smallest absolute Gasteiger partial charge is 0.137 e. The van der Waals surface area contributed by atoms with E-state index in [1.807, 2.05) is 12.1 Å². The molecular formula is C17H26BrFN2. The zero-order chi connectivity index (χ0) is 15.8. The molecule has 21 heavy (non-hydrogen) atoms. The molecule has 4 heteroatoms. The van der Waals surface area contributed by atoms with Gasteiger partial charge in [-0.05, 0) is 52.9 Å². The molecule has 1 aliphatic rings. The van der Waals surface area contributed by atoms with Gasteiger partial charge in [-0.1, -0.05) is 26.8 Å². The number of rotatable bonds is 2. The molecule has 1 heterocycles. The van der Waals surface area contributed by atoms with Gasteiger partial charge in [0.1, 0.15) is 5.82 Å². The van der Waals surface area contributed by atoms with Crippen LogP contribution in [0.5, 0.6) is 0 Å². The van der Waals surface area contributed by atoms with Gasteiger partial charge in [0.2, 0.25) is 0 Å². The third-order valence-electron chi connectivity index (χ3n) is 4.18. The van der Waals surface area contributed by atoms with Crippen LogP contribution in [0.15, 0.2) is 22.7 Å². The SMILES string of the molecule is CC1(C)CN(Cc2ccc(F)c(Br)c2)C(C(C)(C)C)CN1. The summed E-state index contributed by atoms with van der Waals surface area (Å²) >= 11 is 3.28. The van der Waals surface area contributed by atoms with Gasteiger partial charge in [0.05, 0.1) is 4.47 Å². The number of halogens is 2. The monoisotopic (exact) mass is 356 g/mol. The van der Waals surface area contributed by atoms with Gasteiger partial charge in [-0.2, -0.15) is 0 Å². The molecule has 0 aromatic heterocycles. The Hall–Kier alpha value is -0.450. The van der Waals surface area contributed by atoms with Crippen molar-refractivity contribution in [3.63, 3.8) is 0 Å². The van der Waals surface area contributed by atoms with E-state index in [2.05, 4.69) is 60.8 Å². The second-order valence-corrected chi connectivity index (χ2v) is 8.65. The molecule has 1 N–H and O–H groups in total. The molecule has 1 unspecified atom stereocenters. The van der Waals surface area contributed by atoms with Crippen LogP contribution in [0.2, 0.25) is 0 Å². The molecule has 2 nitrogen and oxygen atoms in total. The summed E-state index contributed by atoms with van der Waals surface area (Å²) in [6, 6.07) is 5.78. The molecule has 1 saturated heterocycles. The van der Waals surface area contributed by atoms with Crippen LogP contribution in [-0.2, 0) is 6.54 Å². The van der Waals surface area contributed by atoms with Crippen LogP contribution in [0.4, 0.5) is 4.39 Å². The van der Waals surface area contributed by atoms with Crippen molar-refractivity contribution in [3.8, 4) is 0 Å². The number of nitrogens with one attached hydrogen (secondary N) is 1. The van der Waals surface area contributed by atoms with Gasteiger partial charge in [-0.3, -0.25) is 4.90 Å². The lowest BCUT2D eigenvalue weighted by Gasteiger charge is -2.49. The van der Waals surface area contributed by atoms with Gasteiger partial charge in [0.25, 0.3) is 0 Å². The first-order valence-electron chi connectivity index (χ1n) is 7.51. The standard InChI is InChI=1S/C17H26BrFN2/c1-16(2,3)15-9-20-17(4,5)11-21(15)10-12-6-7-14(19)13(18)8-12/h6-8,15,20H,9-11H2,1-5H3. The summed E-state index contributed by atoms with van der Waals surface area (Å²) in [7, 11) is 0. The van der Waals surface area contributed by atoms with Crippen molar-refractivity contribution in [2.75, 3.05) is 13.1 Å². The fourth-order valence-electron chi connectivity index (χ4n) is 3.07. The summed E-state index contributed by atoms with van der Waals surface area (Å²) in [5.41, 5.74) is 1.47. The Bertz CT molecular complexity index is 508. The summed E-state index contributed by atoms with van der Waals surface area (Å²) in [5, 5.41) is 3.64. The lowest BCUT2D eigenvalue weighted by atomic mass is 9.82. The molecule has 0 amide bonds. The molecule has 0 aliphatic carbocycles. The van der Waals surface area contributed by atoms with E-state index in [-0.39, 0.29) is 16.8 Å². The van der Waals surface area contributed by atoms with Crippen LogP contribution >= 0.6 is 15.9 Å². The Labute approximate surface area is 136 Å². The molecule has 1 atom stereocenters.